The molecule has 0 spiro atoms. The van der Waals surface area contributed by atoms with Crippen LogP contribution < -0.4 is 10.5 Å². The molecule has 0 aliphatic carbocycles. The maximum Gasteiger partial charge on any atom is 0.335 e. The minimum Gasteiger partial charge on any atom is -0.497 e. The van der Waals surface area contributed by atoms with Crippen molar-refractivity contribution < 1.29 is 14.3 Å². The molecule has 0 amide bonds. The van der Waals surface area contributed by atoms with Gasteiger partial charge in [-0.15, -0.1) is 0 Å². The van der Waals surface area contributed by atoms with Gasteiger partial charge in [0, 0.05) is 0 Å². The number of carbonyl (C=O) groups is 1. The SMILES string of the molecule is COC(=O)C(N)(c1ccccc1)c1ccc(OC)cc1. The van der Waals surface area contributed by atoms with Crippen molar-refractivity contribution in [3.8, 4) is 5.75 Å². The van der Waals surface area contributed by atoms with Crippen LogP contribution in [0.25, 0.3) is 0 Å². The normalized spacial score (nSPS) is 13.3. The number of hydrogen-bond acceptors (Lipinski definition) is 4. The fourth-order valence-corrected chi connectivity index (χ4v) is 2.12. The van der Waals surface area contributed by atoms with Gasteiger partial charge in [-0.2, -0.15) is 0 Å². The number of esters is 1. The van der Waals surface area contributed by atoms with Crippen LogP contribution in [0.4, 0.5) is 0 Å². The van der Waals surface area contributed by atoms with E-state index in [9.17, 15) is 4.79 Å². The Morgan fingerprint density at radius 2 is 1.50 bits per heavy atom. The van der Waals surface area contributed by atoms with Crippen molar-refractivity contribution in [1.82, 2.24) is 0 Å². The molecule has 0 bridgehead atoms. The first-order valence-electron chi connectivity index (χ1n) is 6.20. The van der Waals surface area contributed by atoms with Gasteiger partial charge in [-0.05, 0) is 23.3 Å². The summed E-state index contributed by atoms with van der Waals surface area (Å²) in [4.78, 5) is 12.2. The molecule has 0 aliphatic heterocycles. The quantitative estimate of drug-likeness (QED) is 0.865. The average Bonchev–Trinajstić information content (AvgIpc) is 2.54. The summed E-state index contributed by atoms with van der Waals surface area (Å²) in [5, 5.41) is 0. The molecular formula is C16H17NO3. The molecule has 0 aliphatic rings. The lowest BCUT2D eigenvalue weighted by atomic mass is 9.84. The summed E-state index contributed by atoms with van der Waals surface area (Å²) >= 11 is 0. The zero-order valence-electron chi connectivity index (χ0n) is 11.5. The molecule has 2 N–H and O–H groups in total. The number of benzene rings is 2. The molecule has 0 aromatic heterocycles. The molecular weight excluding hydrogens is 254 g/mol. The summed E-state index contributed by atoms with van der Waals surface area (Å²) in [6, 6.07) is 16.2. The van der Waals surface area contributed by atoms with Crippen LogP contribution in [0.3, 0.4) is 0 Å². The fourth-order valence-electron chi connectivity index (χ4n) is 2.12. The van der Waals surface area contributed by atoms with Crippen LogP contribution in [0.5, 0.6) is 5.75 Å². The van der Waals surface area contributed by atoms with Gasteiger partial charge in [0.2, 0.25) is 0 Å². The lowest BCUT2D eigenvalue weighted by Crippen LogP contribution is -2.46. The second-order valence-electron chi connectivity index (χ2n) is 4.39. The van der Waals surface area contributed by atoms with Crippen molar-refractivity contribution in [2.75, 3.05) is 14.2 Å². The lowest BCUT2D eigenvalue weighted by molar-refractivity contribution is -0.145. The van der Waals surface area contributed by atoms with Crippen LogP contribution in [0.15, 0.2) is 54.6 Å². The molecule has 0 heterocycles. The summed E-state index contributed by atoms with van der Waals surface area (Å²) in [6.45, 7) is 0. The zero-order chi connectivity index (χ0) is 14.6. The topological polar surface area (TPSA) is 61.5 Å². The van der Waals surface area contributed by atoms with Crippen LogP contribution in [0, 0.1) is 0 Å². The minimum absolute atomic E-state index is 0.506. The van der Waals surface area contributed by atoms with E-state index in [1.165, 1.54) is 7.11 Å². The highest BCUT2D eigenvalue weighted by Crippen LogP contribution is 2.29. The summed E-state index contributed by atoms with van der Waals surface area (Å²) in [5.74, 6) is 0.197. The molecule has 4 heteroatoms. The maximum atomic E-state index is 12.2. The van der Waals surface area contributed by atoms with E-state index >= 15 is 0 Å². The van der Waals surface area contributed by atoms with Crippen LogP contribution in [-0.4, -0.2) is 20.2 Å². The first-order valence-corrected chi connectivity index (χ1v) is 6.20. The molecule has 0 radical (unpaired) electrons. The molecule has 2 aromatic rings. The van der Waals surface area contributed by atoms with Gasteiger partial charge < -0.3 is 15.2 Å². The monoisotopic (exact) mass is 271 g/mol. The van der Waals surface area contributed by atoms with Gasteiger partial charge >= 0.3 is 5.97 Å². The highest BCUT2D eigenvalue weighted by molar-refractivity contribution is 5.86. The molecule has 1 unspecified atom stereocenters. The highest BCUT2D eigenvalue weighted by atomic mass is 16.5. The van der Waals surface area contributed by atoms with E-state index in [1.54, 1.807) is 43.5 Å². The predicted molar refractivity (Wildman–Crippen MR) is 76.4 cm³/mol. The van der Waals surface area contributed by atoms with Gasteiger partial charge in [0.1, 0.15) is 5.75 Å². The Kier molecular flexibility index (Phi) is 4.05. The summed E-state index contributed by atoms with van der Waals surface area (Å²) < 4.78 is 10.0. The van der Waals surface area contributed by atoms with E-state index in [0.29, 0.717) is 16.9 Å². The Balaban J connectivity index is 2.54. The van der Waals surface area contributed by atoms with Crippen molar-refractivity contribution in [2.45, 2.75) is 5.54 Å². The van der Waals surface area contributed by atoms with Crippen LogP contribution in [-0.2, 0) is 15.1 Å². The second kappa shape index (κ2) is 5.75. The zero-order valence-corrected chi connectivity index (χ0v) is 11.5. The molecule has 104 valence electrons. The summed E-state index contributed by atoms with van der Waals surface area (Å²) in [7, 11) is 2.92. The van der Waals surface area contributed by atoms with Crippen molar-refractivity contribution in [1.29, 1.82) is 0 Å². The van der Waals surface area contributed by atoms with E-state index < -0.39 is 11.5 Å². The third-order valence-electron chi connectivity index (χ3n) is 3.28. The van der Waals surface area contributed by atoms with Gasteiger partial charge in [0.15, 0.2) is 5.54 Å². The van der Waals surface area contributed by atoms with E-state index in [-0.39, 0.29) is 0 Å². The van der Waals surface area contributed by atoms with Gasteiger partial charge in [0.25, 0.3) is 0 Å². The molecule has 1 atom stereocenters. The first-order chi connectivity index (χ1) is 9.62. The molecule has 0 fully saturated rings. The third-order valence-corrected chi connectivity index (χ3v) is 3.28. The van der Waals surface area contributed by atoms with Gasteiger partial charge in [-0.3, -0.25) is 0 Å². The summed E-state index contributed by atoms with van der Waals surface area (Å²) in [6.07, 6.45) is 0. The molecule has 0 saturated heterocycles. The van der Waals surface area contributed by atoms with Crippen LogP contribution in [0.1, 0.15) is 11.1 Å². The molecule has 4 nitrogen and oxygen atoms in total. The second-order valence-corrected chi connectivity index (χ2v) is 4.39. The Morgan fingerprint density at radius 3 is 2.00 bits per heavy atom. The van der Waals surface area contributed by atoms with E-state index in [0.717, 1.165) is 0 Å². The number of rotatable bonds is 4. The molecule has 2 aromatic carbocycles. The maximum absolute atomic E-state index is 12.2. The number of hydrogen-bond donors (Lipinski definition) is 1. The van der Waals surface area contributed by atoms with Gasteiger partial charge in [0.05, 0.1) is 14.2 Å². The lowest BCUT2D eigenvalue weighted by Gasteiger charge is -2.27. The van der Waals surface area contributed by atoms with E-state index in [2.05, 4.69) is 0 Å². The molecule has 2 rings (SSSR count). The average molecular weight is 271 g/mol. The Hall–Kier alpha value is -2.33. The van der Waals surface area contributed by atoms with Crippen molar-refractivity contribution in [3.05, 3.63) is 65.7 Å². The van der Waals surface area contributed by atoms with Crippen LogP contribution >= 0.6 is 0 Å². The standard InChI is InChI=1S/C16H17NO3/c1-19-14-10-8-13(9-11-14)16(17,15(18)20-2)12-6-4-3-5-7-12/h3-11H,17H2,1-2H3. The number of carbonyl (C=O) groups excluding carboxylic acids is 1. The Morgan fingerprint density at radius 1 is 0.950 bits per heavy atom. The third kappa shape index (κ3) is 2.38. The minimum atomic E-state index is -1.33. The number of methoxy groups -OCH3 is 2. The molecule has 20 heavy (non-hydrogen) atoms. The smallest absolute Gasteiger partial charge is 0.335 e. The highest BCUT2D eigenvalue weighted by Gasteiger charge is 2.39. The predicted octanol–water partition coefficient (Wildman–Crippen LogP) is 2.07. The Bertz CT molecular complexity index is 580. The molecule has 0 saturated carbocycles. The first kappa shape index (κ1) is 14.1. The van der Waals surface area contributed by atoms with Crippen molar-refractivity contribution in [3.63, 3.8) is 0 Å². The Labute approximate surface area is 118 Å². The van der Waals surface area contributed by atoms with E-state index in [1.807, 2.05) is 18.2 Å². The fraction of sp³-hybridized carbons (Fsp3) is 0.188. The number of ether oxygens (including phenoxy) is 2. The van der Waals surface area contributed by atoms with Crippen molar-refractivity contribution >= 4 is 5.97 Å². The van der Waals surface area contributed by atoms with Crippen molar-refractivity contribution in [2.24, 2.45) is 5.73 Å². The largest absolute Gasteiger partial charge is 0.497 e. The van der Waals surface area contributed by atoms with Crippen LogP contribution in [0.2, 0.25) is 0 Å². The van der Waals surface area contributed by atoms with Gasteiger partial charge in [-0.1, -0.05) is 42.5 Å². The number of nitrogens with two attached hydrogens (primary N) is 1. The van der Waals surface area contributed by atoms with E-state index in [4.69, 9.17) is 15.2 Å². The summed E-state index contributed by atoms with van der Waals surface area (Å²) in [5.41, 5.74) is 6.37. The van der Waals surface area contributed by atoms with Gasteiger partial charge in [-0.25, -0.2) is 4.79 Å².